The quantitative estimate of drug-likeness (QED) is 0.511. The van der Waals surface area contributed by atoms with Gasteiger partial charge in [-0.25, -0.2) is 0 Å². The van der Waals surface area contributed by atoms with Crippen LogP contribution in [0.3, 0.4) is 0 Å². The van der Waals surface area contributed by atoms with Gasteiger partial charge in [0.2, 0.25) is 0 Å². The van der Waals surface area contributed by atoms with Gasteiger partial charge in [-0.2, -0.15) is 0 Å². The van der Waals surface area contributed by atoms with Crippen molar-refractivity contribution in [1.29, 1.82) is 0 Å². The zero-order valence-electron chi connectivity index (χ0n) is 11.4. The molecule has 0 radical (unpaired) electrons. The molecule has 4 nitrogen and oxygen atoms in total. The summed E-state index contributed by atoms with van der Waals surface area (Å²) in [5, 5.41) is 12.5. The zero-order chi connectivity index (χ0) is 15.0. The van der Waals surface area contributed by atoms with Crippen molar-refractivity contribution in [3.63, 3.8) is 0 Å². The minimum atomic E-state index is -0.370. The summed E-state index contributed by atoms with van der Waals surface area (Å²) in [5.41, 5.74) is 3.18. The van der Waals surface area contributed by atoms with Gasteiger partial charge in [0.25, 0.3) is 5.69 Å². The van der Waals surface area contributed by atoms with E-state index in [9.17, 15) is 10.1 Å². The van der Waals surface area contributed by atoms with E-state index in [0.29, 0.717) is 5.02 Å². The molecule has 2 aromatic carbocycles. The van der Waals surface area contributed by atoms with E-state index >= 15 is 0 Å². The summed E-state index contributed by atoms with van der Waals surface area (Å²) in [4.78, 5) is 10.5. The van der Waals surface area contributed by atoms with E-state index in [0.717, 1.165) is 28.7 Å². The number of aromatic nitrogens is 1. The number of rotatable bonds is 3. The average Bonchev–Trinajstić information content (AvgIpc) is 2.85. The SMILES string of the molecule is CCn1c(-c2ccc(Cl)cc2)cc2cc([N+](=O)[O-])ccc21. The number of nitro benzene ring substituents is 1. The Morgan fingerprint density at radius 2 is 1.86 bits per heavy atom. The first-order valence-electron chi connectivity index (χ1n) is 6.64. The fraction of sp³-hybridized carbons (Fsp3) is 0.125. The molecule has 0 aliphatic rings. The van der Waals surface area contributed by atoms with Gasteiger partial charge in [0, 0.05) is 40.3 Å². The Hall–Kier alpha value is -2.33. The van der Waals surface area contributed by atoms with E-state index in [-0.39, 0.29) is 10.6 Å². The van der Waals surface area contributed by atoms with Gasteiger partial charge < -0.3 is 4.57 Å². The van der Waals surface area contributed by atoms with Crippen LogP contribution in [-0.4, -0.2) is 9.49 Å². The number of fused-ring (bicyclic) bond motifs is 1. The van der Waals surface area contributed by atoms with E-state index < -0.39 is 0 Å². The number of aryl methyl sites for hydroxylation is 1. The van der Waals surface area contributed by atoms with Crippen LogP contribution in [0.2, 0.25) is 5.02 Å². The second-order valence-corrected chi connectivity index (χ2v) is 5.22. The number of hydrogen-bond acceptors (Lipinski definition) is 2. The smallest absolute Gasteiger partial charge is 0.270 e. The predicted octanol–water partition coefficient (Wildman–Crippen LogP) is 4.89. The van der Waals surface area contributed by atoms with Crippen molar-refractivity contribution in [2.75, 3.05) is 0 Å². The minimum Gasteiger partial charge on any atom is -0.341 e. The highest BCUT2D eigenvalue weighted by atomic mass is 35.5. The third kappa shape index (κ3) is 2.38. The van der Waals surface area contributed by atoms with Crippen LogP contribution in [0.5, 0.6) is 0 Å². The van der Waals surface area contributed by atoms with Crippen molar-refractivity contribution in [2.45, 2.75) is 13.5 Å². The second kappa shape index (κ2) is 5.22. The Kier molecular flexibility index (Phi) is 3.39. The number of nitro groups is 1. The molecule has 0 unspecified atom stereocenters. The standard InChI is InChI=1S/C16H13ClN2O2/c1-2-18-15-8-7-14(19(20)21)9-12(15)10-16(18)11-3-5-13(17)6-4-11/h3-10H,2H2,1H3. The van der Waals surface area contributed by atoms with Crippen LogP contribution in [-0.2, 0) is 6.54 Å². The number of non-ortho nitro benzene ring substituents is 1. The van der Waals surface area contributed by atoms with E-state index in [1.807, 2.05) is 30.3 Å². The molecule has 3 rings (SSSR count). The third-order valence-electron chi connectivity index (χ3n) is 3.55. The summed E-state index contributed by atoms with van der Waals surface area (Å²) in [6.45, 7) is 2.85. The van der Waals surface area contributed by atoms with E-state index in [1.54, 1.807) is 18.2 Å². The van der Waals surface area contributed by atoms with Gasteiger partial charge >= 0.3 is 0 Å². The maximum atomic E-state index is 10.9. The van der Waals surface area contributed by atoms with Crippen molar-refractivity contribution >= 4 is 28.2 Å². The summed E-state index contributed by atoms with van der Waals surface area (Å²) in [5.74, 6) is 0. The maximum absolute atomic E-state index is 10.9. The molecule has 3 aromatic rings. The van der Waals surface area contributed by atoms with Crippen LogP contribution in [0.15, 0.2) is 48.5 Å². The number of nitrogens with zero attached hydrogens (tertiary/aromatic N) is 2. The highest BCUT2D eigenvalue weighted by Gasteiger charge is 2.13. The first kappa shape index (κ1) is 13.6. The molecule has 0 saturated carbocycles. The van der Waals surface area contributed by atoms with Gasteiger partial charge in [0.15, 0.2) is 0 Å². The van der Waals surface area contributed by atoms with Gasteiger partial charge in [-0.05, 0) is 36.8 Å². The van der Waals surface area contributed by atoms with Crippen LogP contribution in [0.25, 0.3) is 22.2 Å². The van der Waals surface area contributed by atoms with Gasteiger partial charge in [-0.15, -0.1) is 0 Å². The Bertz CT molecular complexity index is 822. The fourth-order valence-electron chi connectivity index (χ4n) is 2.57. The molecule has 0 bridgehead atoms. The normalized spacial score (nSPS) is 11.0. The molecule has 0 N–H and O–H groups in total. The van der Waals surface area contributed by atoms with Crippen LogP contribution >= 0.6 is 11.6 Å². The summed E-state index contributed by atoms with van der Waals surface area (Å²) >= 11 is 5.93. The van der Waals surface area contributed by atoms with Crippen molar-refractivity contribution < 1.29 is 4.92 Å². The zero-order valence-corrected chi connectivity index (χ0v) is 12.2. The lowest BCUT2D eigenvalue weighted by Crippen LogP contribution is -1.96. The molecule has 0 saturated heterocycles. The van der Waals surface area contributed by atoms with Gasteiger partial charge in [0.05, 0.1) is 4.92 Å². The van der Waals surface area contributed by atoms with Gasteiger partial charge in [0.1, 0.15) is 0 Å². The molecule has 0 spiro atoms. The number of hydrogen-bond donors (Lipinski definition) is 0. The van der Waals surface area contributed by atoms with Crippen LogP contribution in [0, 0.1) is 10.1 Å². The summed E-state index contributed by atoms with van der Waals surface area (Å²) in [6, 6.07) is 14.5. The summed E-state index contributed by atoms with van der Waals surface area (Å²) in [6.07, 6.45) is 0. The average molecular weight is 301 g/mol. The summed E-state index contributed by atoms with van der Waals surface area (Å²) < 4.78 is 2.14. The Balaban J connectivity index is 2.22. The predicted molar refractivity (Wildman–Crippen MR) is 84.7 cm³/mol. The highest BCUT2D eigenvalue weighted by molar-refractivity contribution is 6.30. The molecular formula is C16H13ClN2O2. The Labute approximate surface area is 126 Å². The summed E-state index contributed by atoms with van der Waals surface area (Å²) in [7, 11) is 0. The van der Waals surface area contributed by atoms with E-state index in [1.165, 1.54) is 0 Å². The number of halogens is 1. The first-order valence-corrected chi connectivity index (χ1v) is 7.01. The molecule has 106 valence electrons. The maximum Gasteiger partial charge on any atom is 0.270 e. The van der Waals surface area contributed by atoms with Crippen molar-refractivity contribution in [1.82, 2.24) is 4.57 Å². The molecule has 1 aromatic heterocycles. The van der Waals surface area contributed by atoms with Crippen LogP contribution in [0.1, 0.15) is 6.92 Å². The van der Waals surface area contributed by atoms with Crippen LogP contribution in [0.4, 0.5) is 5.69 Å². The monoisotopic (exact) mass is 300 g/mol. The fourth-order valence-corrected chi connectivity index (χ4v) is 2.70. The first-order chi connectivity index (χ1) is 10.1. The lowest BCUT2D eigenvalue weighted by molar-refractivity contribution is -0.384. The molecule has 0 aliphatic heterocycles. The largest absolute Gasteiger partial charge is 0.341 e. The molecule has 0 amide bonds. The van der Waals surface area contributed by atoms with E-state index in [2.05, 4.69) is 11.5 Å². The van der Waals surface area contributed by atoms with Crippen molar-refractivity contribution in [3.05, 3.63) is 63.7 Å². The topological polar surface area (TPSA) is 48.1 Å². The lowest BCUT2D eigenvalue weighted by Gasteiger charge is -2.08. The van der Waals surface area contributed by atoms with Crippen molar-refractivity contribution in [3.8, 4) is 11.3 Å². The lowest BCUT2D eigenvalue weighted by atomic mass is 10.1. The Morgan fingerprint density at radius 3 is 2.48 bits per heavy atom. The molecule has 0 atom stereocenters. The van der Waals surface area contributed by atoms with E-state index in [4.69, 9.17) is 11.6 Å². The molecule has 0 fully saturated rings. The highest BCUT2D eigenvalue weighted by Crippen LogP contribution is 2.31. The molecule has 5 heteroatoms. The third-order valence-corrected chi connectivity index (χ3v) is 3.80. The van der Waals surface area contributed by atoms with Crippen LogP contribution < -0.4 is 0 Å². The van der Waals surface area contributed by atoms with Gasteiger partial charge in [-0.1, -0.05) is 23.7 Å². The minimum absolute atomic E-state index is 0.110. The molecular weight excluding hydrogens is 288 g/mol. The van der Waals surface area contributed by atoms with Crippen molar-refractivity contribution in [2.24, 2.45) is 0 Å². The van der Waals surface area contributed by atoms with Gasteiger partial charge in [-0.3, -0.25) is 10.1 Å². The molecule has 21 heavy (non-hydrogen) atoms. The second-order valence-electron chi connectivity index (χ2n) is 4.78. The molecule has 1 heterocycles. The number of benzene rings is 2. The Morgan fingerprint density at radius 1 is 1.14 bits per heavy atom. The molecule has 0 aliphatic carbocycles.